The number of aromatic nitrogens is 3. The Morgan fingerprint density at radius 1 is 1.38 bits per heavy atom. The van der Waals surface area contributed by atoms with Gasteiger partial charge in [-0.2, -0.15) is 0 Å². The molecule has 3 heterocycles. The minimum absolute atomic E-state index is 0.136. The van der Waals surface area contributed by atoms with E-state index in [-0.39, 0.29) is 12.2 Å². The number of fused-ring (bicyclic) bond motifs is 1. The van der Waals surface area contributed by atoms with Crippen molar-refractivity contribution in [3.05, 3.63) is 28.9 Å². The van der Waals surface area contributed by atoms with Gasteiger partial charge in [-0.05, 0) is 18.9 Å². The van der Waals surface area contributed by atoms with Gasteiger partial charge in [0.1, 0.15) is 5.52 Å². The Morgan fingerprint density at radius 2 is 2.19 bits per heavy atom. The lowest BCUT2D eigenvalue weighted by Crippen LogP contribution is -2.43. The van der Waals surface area contributed by atoms with Gasteiger partial charge in [0.15, 0.2) is 5.82 Å². The molecule has 0 aromatic carbocycles. The second-order valence-electron chi connectivity index (χ2n) is 5.20. The molecule has 0 amide bonds. The summed E-state index contributed by atoms with van der Waals surface area (Å²) in [5.41, 5.74) is 0.520. The van der Waals surface area contributed by atoms with E-state index in [9.17, 15) is 4.79 Å². The van der Waals surface area contributed by atoms with Gasteiger partial charge in [0, 0.05) is 31.9 Å². The summed E-state index contributed by atoms with van der Waals surface area (Å²) in [6.45, 7) is 2.53. The molecule has 1 aliphatic heterocycles. The number of piperidine rings is 1. The molecule has 0 radical (unpaired) electrons. The van der Waals surface area contributed by atoms with Crippen LogP contribution in [0.5, 0.6) is 0 Å². The smallest absolute Gasteiger partial charge is 0.258 e. The third kappa shape index (κ3) is 2.88. The maximum Gasteiger partial charge on any atom is 0.258 e. The average molecular weight is 289 g/mol. The van der Waals surface area contributed by atoms with Gasteiger partial charge in [0.05, 0.1) is 18.3 Å². The van der Waals surface area contributed by atoms with E-state index in [1.807, 2.05) is 0 Å². The number of aliphatic hydroxyl groups excluding tert-OH is 1. The number of aromatic amines is 1. The molecule has 1 fully saturated rings. The molecule has 0 unspecified atom stereocenters. The Kier molecular flexibility index (Phi) is 4.12. The van der Waals surface area contributed by atoms with Crippen LogP contribution in [0.15, 0.2) is 23.4 Å². The largest absolute Gasteiger partial charge is 0.395 e. The molecule has 0 spiro atoms. The van der Waals surface area contributed by atoms with Crippen molar-refractivity contribution in [1.29, 1.82) is 0 Å². The summed E-state index contributed by atoms with van der Waals surface area (Å²) in [5, 5.41) is 12.7. The SMILES string of the molecule is O=c1[nH]cnc2c(N3CCC(NCCO)CC3)nccc12. The summed E-state index contributed by atoms with van der Waals surface area (Å²) in [7, 11) is 0. The van der Waals surface area contributed by atoms with Crippen LogP contribution in [-0.2, 0) is 0 Å². The summed E-state index contributed by atoms with van der Waals surface area (Å²) >= 11 is 0. The van der Waals surface area contributed by atoms with Gasteiger partial charge < -0.3 is 20.3 Å². The van der Waals surface area contributed by atoms with E-state index in [0.29, 0.717) is 23.5 Å². The number of nitrogens with one attached hydrogen (secondary N) is 2. The molecule has 1 saturated heterocycles. The number of anilines is 1. The number of rotatable bonds is 4. The third-order valence-electron chi connectivity index (χ3n) is 3.88. The summed E-state index contributed by atoms with van der Waals surface area (Å²) in [6, 6.07) is 2.12. The summed E-state index contributed by atoms with van der Waals surface area (Å²) < 4.78 is 0. The summed E-state index contributed by atoms with van der Waals surface area (Å²) in [4.78, 5) is 25.3. The van der Waals surface area contributed by atoms with Crippen LogP contribution < -0.4 is 15.8 Å². The van der Waals surface area contributed by atoms with Crippen molar-refractivity contribution in [3.63, 3.8) is 0 Å². The molecule has 0 saturated carbocycles. The average Bonchev–Trinajstić information content (AvgIpc) is 2.53. The number of nitrogens with zero attached hydrogens (tertiary/aromatic N) is 3. The molecule has 7 heteroatoms. The van der Waals surface area contributed by atoms with Gasteiger partial charge in [-0.15, -0.1) is 0 Å². The number of aliphatic hydroxyl groups is 1. The lowest BCUT2D eigenvalue weighted by molar-refractivity contribution is 0.277. The zero-order valence-corrected chi connectivity index (χ0v) is 11.7. The highest BCUT2D eigenvalue weighted by Crippen LogP contribution is 2.23. The maximum absolute atomic E-state index is 11.8. The Morgan fingerprint density at radius 3 is 2.95 bits per heavy atom. The lowest BCUT2D eigenvalue weighted by atomic mass is 10.0. The fraction of sp³-hybridized carbons (Fsp3) is 0.500. The zero-order chi connectivity index (χ0) is 14.7. The van der Waals surface area contributed by atoms with Gasteiger partial charge in [0.25, 0.3) is 5.56 Å². The zero-order valence-electron chi connectivity index (χ0n) is 11.7. The van der Waals surface area contributed by atoms with Crippen molar-refractivity contribution in [3.8, 4) is 0 Å². The third-order valence-corrected chi connectivity index (χ3v) is 3.88. The first kappa shape index (κ1) is 14.0. The van der Waals surface area contributed by atoms with Crippen LogP contribution in [0.1, 0.15) is 12.8 Å². The fourth-order valence-electron chi connectivity index (χ4n) is 2.78. The van der Waals surface area contributed by atoms with Crippen LogP contribution >= 0.6 is 0 Å². The van der Waals surface area contributed by atoms with E-state index in [2.05, 4.69) is 25.2 Å². The molecule has 112 valence electrons. The highest BCUT2D eigenvalue weighted by atomic mass is 16.3. The highest BCUT2D eigenvalue weighted by molar-refractivity contribution is 5.87. The maximum atomic E-state index is 11.8. The second kappa shape index (κ2) is 6.19. The quantitative estimate of drug-likeness (QED) is 0.726. The molecule has 0 aliphatic carbocycles. The molecule has 3 N–H and O–H groups in total. The number of hydrogen-bond donors (Lipinski definition) is 3. The van der Waals surface area contributed by atoms with E-state index in [1.165, 1.54) is 6.33 Å². The first-order valence-corrected chi connectivity index (χ1v) is 7.21. The number of H-pyrrole nitrogens is 1. The molecule has 7 nitrogen and oxygen atoms in total. The van der Waals surface area contributed by atoms with E-state index >= 15 is 0 Å². The molecule has 0 atom stereocenters. The van der Waals surface area contributed by atoms with Crippen molar-refractivity contribution < 1.29 is 5.11 Å². The second-order valence-corrected chi connectivity index (χ2v) is 5.20. The predicted molar refractivity (Wildman–Crippen MR) is 80.5 cm³/mol. The van der Waals surface area contributed by atoms with E-state index in [0.717, 1.165) is 31.7 Å². The van der Waals surface area contributed by atoms with Gasteiger partial charge in [-0.1, -0.05) is 0 Å². The highest BCUT2D eigenvalue weighted by Gasteiger charge is 2.21. The van der Waals surface area contributed by atoms with Crippen LogP contribution in [0.25, 0.3) is 10.9 Å². The molecular formula is C14H19N5O2. The Bertz CT molecular complexity index is 664. The van der Waals surface area contributed by atoms with Gasteiger partial charge in [-0.3, -0.25) is 4.79 Å². The Labute approximate surface area is 122 Å². The monoisotopic (exact) mass is 289 g/mol. The molecule has 0 bridgehead atoms. The van der Waals surface area contributed by atoms with Crippen LogP contribution in [0, 0.1) is 0 Å². The number of pyridine rings is 1. The van der Waals surface area contributed by atoms with Gasteiger partial charge in [-0.25, -0.2) is 9.97 Å². The molecule has 21 heavy (non-hydrogen) atoms. The molecule has 3 rings (SSSR count). The molecule has 1 aliphatic rings. The summed E-state index contributed by atoms with van der Waals surface area (Å²) in [6.07, 6.45) is 5.05. The standard InChI is InChI=1S/C14H19N5O2/c20-8-5-15-10-2-6-19(7-3-10)13-12-11(1-4-16-13)14(21)18-9-17-12/h1,4,9-10,15,20H,2-3,5-8H2,(H,17,18,21). The minimum Gasteiger partial charge on any atom is -0.395 e. The fourth-order valence-corrected chi connectivity index (χ4v) is 2.78. The summed E-state index contributed by atoms with van der Waals surface area (Å²) in [5.74, 6) is 0.777. The van der Waals surface area contributed by atoms with E-state index in [4.69, 9.17) is 5.11 Å². The molecule has 2 aromatic rings. The predicted octanol–water partition coefficient (Wildman–Crippen LogP) is -0.131. The first-order valence-electron chi connectivity index (χ1n) is 7.21. The van der Waals surface area contributed by atoms with Crippen molar-refractivity contribution in [2.75, 3.05) is 31.1 Å². The van der Waals surface area contributed by atoms with Crippen LogP contribution in [0.3, 0.4) is 0 Å². The van der Waals surface area contributed by atoms with Crippen LogP contribution in [-0.4, -0.2) is 52.3 Å². The minimum atomic E-state index is -0.136. The van der Waals surface area contributed by atoms with Crippen LogP contribution in [0.2, 0.25) is 0 Å². The Balaban J connectivity index is 1.80. The molecular weight excluding hydrogens is 270 g/mol. The normalized spacial score (nSPS) is 16.5. The van der Waals surface area contributed by atoms with E-state index < -0.39 is 0 Å². The Hall–Kier alpha value is -1.99. The van der Waals surface area contributed by atoms with E-state index in [1.54, 1.807) is 12.3 Å². The first-order chi connectivity index (χ1) is 10.3. The topological polar surface area (TPSA) is 94.1 Å². The van der Waals surface area contributed by atoms with Gasteiger partial charge in [0.2, 0.25) is 0 Å². The number of hydrogen-bond acceptors (Lipinski definition) is 6. The van der Waals surface area contributed by atoms with Crippen LogP contribution in [0.4, 0.5) is 5.82 Å². The lowest BCUT2D eigenvalue weighted by Gasteiger charge is -2.33. The van der Waals surface area contributed by atoms with Crippen molar-refractivity contribution in [1.82, 2.24) is 20.3 Å². The van der Waals surface area contributed by atoms with Crippen molar-refractivity contribution in [2.24, 2.45) is 0 Å². The van der Waals surface area contributed by atoms with Gasteiger partial charge >= 0.3 is 0 Å². The van der Waals surface area contributed by atoms with Crippen molar-refractivity contribution >= 4 is 16.7 Å². The molecule has 2 aromatic heterocycles. The van der Waals surface area contributed by atoms with Crippen molar-refractivity contribution in [2.45, 2.75) is 18.9 Å².